The Morgan fingerprint density at radius 3 is 1.94 bits per heavy atom. The van der Waals surface area contributed by atoms with Crippen LogP contribution in [0.4, 0.5) is 0 Å². The number of furan rings is 2. The number of hydrogen-bond acceptors (Lipinski definition) is 8. The lowest BCUT2D eigenvalue weighted by molar-refractivity contribution is -0.150. The second-order valence-corrected chi connectivity index (χ2v) is 8.35. The van der Waals surface area contributed by atoms with Crippen LogP contribution in [0.2, 0.25) is 0 Å². The smallest absolute Gasteiger partial charge is 0.167 e. The predicted octanol–water partition coefficient (Wildman–Crippen LogP) is 3.53. The van der Waals surface area contributed by atoms with Gasteiger partial charge in [0, 0.05) is 18.1 Å². The fourth-order valence-corrected chi connectivity index (χ4v) is 4.16. The van der Waals surface area contributed by atoms with Gasteiger partial charge in [-0.05, 0) is 24.3 Å². The zero-order valence-corrected chi connectivity index (χ0v) is 18.1. The van der Waals surface area contributed by atoms with Gasteiger partial charge in [0.2, 0.25) is 0 Å². The van der Waals surface area contributed by atoms with E-state index in [2.05, 4.69) is 10.1 Å². The fraction of sp³-hybridized carbons (Fsp3) is 0.320. The summed E-state index contributed by atoms with van der Waals surface area (Å²) in [5.74, 6) is 3.25. The molecule has 33 heavy (non-hydrogen) atoms. The monoisotopic (exact) mass is 450 g/mol. The molecule has 1 aliphatic heterocycles. The lowest BCUT2D eigenvalue weighted by atomic mass is 9.88. The second-order valence-electron chi connectivity index (χ2n) is 8.35. The van der Waals surface area contributed by atoms with Crippen molar-refractivity contribution in [2.75, 3.05) is 13.2 Å². The van der Waals surface area contributed by atoms with Crippen LogP contribution in [0.3, 0.4) is 0 Å². The summed E-state index contributed by atoms with van der Waals surface area (Å²) < 4.78 is 22.8. The Kier molecular flexibility index (Phi) is 6.15. The van der Waals surface area contributed by atoms with E-state index in [0.29, 0.717) is 44.2 Å². The second kappa shape index (κ2) is 9.36. The Morgan fingerprint density at radius 1 is 0.818 bits per heavy atom. The largest absolute Gasteiger partial charge is 0.462 e. The molecule has 3 aromatic heterocycles. The van der Waals surface area contributed by atoms with Gasteiger partial charge in [0.1, 0.15) is 36.3 Å². The molecule has 2 N–H and O–H groups in total. The van der Waals surface area contributed by atoms with Gasteiger partial charge in [-0.25, -0.2) is 0 Å². The molecular weight excluding hydrogens is 424 g/mol. The third-order valence-corrected chi connectivity index (χ3v) is 5.98. The molecule has 1 fully saturated rings. The summed E-state index contributed by atoms with van der Waals surface area (Å²) in [4.78, 5) is 2.24. The van der Waals surface area contributed by atoms with Crippen LogP contribution in [-0.4, -0.2) is 39.0 Å². The first-order valence-electron chi connectivity index (χ1n) is 10.9. The summed E-state index contributed by atoms with van der Waals surface area (Å²) >= 11 is 0. The molecule has 0 amide bonds. The van der Waals surface area contributed by atoms with E-state index in [0.717, 1.165) is 28.5 Å². The molecule has 0 aliphatic carbocycles. The molecule has 0 spiro atoms. The maximum absolute atomic E-state index is 9.37. The zero-order valence-electron chi connectivity index (χ0n) is 18.1. The number of ether oxygens (including phenoxy) is 1. The highest BCUT2D eigenvalue weighted by atomic mass is 16.5. The van der Waals surface area contributed by atoms with Crippen LogP contribution in [0.25, 0.3) is 11.3 Å². The van der Waals surface area contributed by atoms with E-state index in [4.69, 9.17) is 18.1 Å². The van der Waals surface area contributed by atoms with Crippen molar-refractivity contribution in [2.24, 2.45) is 0 Å². The molecule has 0 atom stereocenters. The van der Waals surface area contributed by atoms with Crippen molar-refractivity contribution in [1.82, 2.24) is 10.1 Å². The number of nitrogens with zero attached hydrogens (tertiary/aromatic N) is 2. The third-order valence-electron chi connectivity index (χ3n) is 5.98. The molecule has 8 nitrogen and oxygen atoms in total. The zero-order chi connectivity index (χ0) is 22.7. The van der Waals surface area contributed by atoms with E-state index in [1.54, 1.807) is 12.1 Å². The van der Waals surface area contributed by atoms with Gasteiger partial charge in [-0.1, -0.05) is 35.5 Å². The molecule has 0 saturated carbocycles. The van der Waals surface area contributed by atoms with Gasteiger partial charge in [0.25, 0.3) is 0 Å². The van der Waals surface area contributed by atoms with Crippen LogP contribution in [0.15, 0.2) is 74.0 Å². The molecule has 0 bridgehead atoms. The summed E-state index contributed by atoms with van der Waals surface area (Å²) in [6.07, 6.45) is 0.629. The van der Waals surface area contributed by atoms with Crippen LogP contribution in [0, 0.1) is 0 Å². The number of aliphatic hydroxyl groups is 2. The minimum absolute atomic E-state index is 0.145. The molecule has 8 heteroatoms. The highest BCUT2D eigenvalue weighted by Crippen LogP contribution is 2.34. The molecule has 1 aliphatic rings. The molecule has 4 aromatic rings. The minimum atomic E-state index is -0.330. The number of benzene rings is 1. The summed E-state index contributed by atoms with van der Waals surface area (Å²) in [6, 6.07) is 19.1. The van der Waals surface area contributed by atoms with Crippen molar-refractivity contribution in [3.63, 3.8) is 0 Å². The topological polar surface area (TPSA) is 105 Å². The normalized spacial score (nSPS) is 15.1. The van der Waals surface area contributed by atoms with E-state index in [-0.39, 0.29) is 18.8 Å². The van der Waals surface area contributed by atoms with Crippen molar-refractivity contribution in [3.8, 4) is 11.3 Å². The van der Waals surface area contributed by atoms with E-state index in [1.165, 1.54) is 0 Å². The molecular formula is C25H26N2O6. The van der Waals surface area contributed by atoms with Gasteiger partial charge in [0.05, 0.1) is 37.5 Å². The maximum atomic E-state index is 9.37. The highest BCUT2D eigenvalue weighted by molar-refractivity contribution is 5.57. The average molecular weight is 450 g/mol. The van der Waals surface area contributed by atoms with Crippen LogP contribution in [-0.2, 0) is 37.5 Å². The highest BCUT2D eigenvalue weighted by Gasteiger charge is 2.45. The van der Waals surface area contributed by atoms with Gasteiger partial charge < -0.3 is 28.3 Å². The van der Waals surface area contributed by atoms with Gasteiger partial charge in [-0.3, -0.25) is 4.90 Å². The quantitative estimate of drug-likeness (QED) is 0.378. The van der Waals surface area contributed by atoms with E-state index < -0.39 is 0 Å². The number of aliphatic hydroxyl groups excluding tert-OH is 2. The summed E-state index contributed by atoms with van der Waals surface area (Å²) in [5.41, 5.74) is 1.49. The van der Waals surface area contributed by atoms with Crippen molar-refractivity contribution in [2.45, 2.75) is 38.3 Å². The Morgan fingerprint density at radius 2 is 1.42 bits per heavy atom. The van der Waals surface area contributed by atoms with Crippen LogP contribution in [0.5, 0.6) is 0 Å². The first-order chi connectivity index (χ1) is 16.2. The van der Waals surface area contributed by atoms with Crippen LogP contribution in [0.1, 0.15) is 28.7 Å². The number of hydrogen-bond donors (Lipinski definition) is 2. The molecule has 1 aromatic carbocycles. The van der Waals surface area contributed by atoms with Gasteiger partial charge >= 0.3 is 0 Å². The SMILES string of the molecule is OCc1ccc(CN(Cc2ccc(CO)o2)C2(Cc3cc(-c4ccccc4)on3)COC2)o1. The van der Waals surface area contributed by atoms with E-state index in [1.807, 2.05) is 48.5 Å². The molecule has 172 valence electrons. The first-order valence-corrected chi connectivity index (χ1v) is 10.9. The first kappa shape index (κ1) is 21.7. The van der Waals surface area contributed by atoms with Gasteiger partial charge in [0.15, 0.2) is 5.76 Å². The molecule has 1 saturated heterocycles. The lowest BCUT2D eigenvalue weighted by Gasteiger charge is -2.49. The Labute approximate surface area is 191 Å². The van der Waals surface area contributed by atoms with Gasteiger partial charge in [-0.15, -0.1) is 0 Å². The lowest BCUT2D eigenvalue weighted by Crippen LogP contribution is -2.63. The standard InChI is InChI=1S/C25H26N2O6/c28-14-22-8-6-20(31-22)12-27(13-21-7-9-23(15-29)32-21)25(16-30-17-25)11-19-10-24(33-26-19)18-4-2-1-3-5-18/h1-10,28-29H,11-17H2. The minimum Gasteiger partial charge on any atom is -0.462 e. The predicted molar refractivity (Wildman–Crippen MR) is 118 cm³/mol. The van der Waals surface area contributed by atoms with Gasteiger partial charge in [-0.2, -0.15) is 0 Å². The molecule has 0 unspecified atom stereocenters. The fourth-order valence-electron chi connectivity index (χ4n) is 4.16. The van der Waals surface area contributed by atoms with Crippen molar-refractivity contribution < 1.29 is 28.3 Å². The molecule has 0 radical (unpaired) electrons. The summed E-state index contributed by atoms with van der Waals surface area (Å²) in [7, 11) is 0. The molecule has 4 heterocycles. The Balaban J connectivity index is 1.40. The third kappa shape index (κ3) is 4.65. The number of aromatic nitrogens is 1. The van der Waals surface area contributed by atoms with E-state index >= 15 is 0 Å². The maximum Gasteiger partial charge on any atom is 0.167 e. The summed E-state index contributed by atoms with van der Waals surface area (Å²) in [6.45, 7) is 1.77. The van der Waals surface area contributed by atoms with Crippen molar-refractivity contribution >= 4 is 0 Å². The summed E-state index contributed by atoms with van der Waals surface area (Å²) in [5, 5.41) is 23.1. The van der Waals surface area contributed by atoms with Crippen LogP contribution < -0.4 is 0 Å². The van der Waals surface area contributed by atoms with Crippen molar-refractivity contribution in [1.29, 1.82) is 0 Å². The Bertz CT molecular complexity index is 1130. The molecule has 5 rings (SSSR count). The van der Waals surface area contributed by atoms with E-state index in [9.17, 15) is 10.2 Å². The van der Waals surface area contributed by atoms with Crippen LogP contribution >= 0.6 is 0 Å². The number of rotatable bonds is 10. The van der Waals surface area contributed by atoms with Crippen molar-refractivity contribution in [3.05, 3.63) is 89.4 Å². The average Bonchev–Trinajstić information content (AvgIpc) is 3.57. The Hall–Kier alpha value is -3.17.